The summed E-state index contributed by atoms with van der Waals surface area (Å²) in [6.45, 7) is 5.68. The normalized spacial score (nSPS) is 17.0. The topological polar surface area (TPSA) is 100 Å². The van der Waals surface area contributed by atoms with E-state index in [0.29, 0.717) is 13.2 Å². The fourth-order valence-electron chi connectivity index (χ4n) is 2.55. The maximum absolute atomic E-state index is 11.0. The van der Waals surface area contributed by atoms with Gasteiger partial charge >= 0.3 is 0 Å². The lowest BCUT2D eigenvalue weighted by molar-refractivity contribution is 0.149. The zero-order valence-electron chi connectivity index (χ0n) is 14.8. The maximum Gasteiger partial charge on any atom is 0.193 e. The molecule has 0 bridgehead atoms. The van der Waals surface area contributed by atoms with Gasteiger partial charge in [-0.1, -0.05) is 5.16 Å². The molecule has 1 aromatic heterocycles. The molecule has 0 saturated carbocycles. The third-order valence-corrected chi connectivity index (χ3v) is 4.80. The number of guanidine groups is 1. The number of hydrogen-bond acceptors (Lipinski definition) is 7. The van der Waals surface area contributed by atoms with Gasteiger partial charge in [0.2, 0.25) is 0 Å². The summed E-state index contributed by atoms with van der Waals surface area (Å²) in [5.74, 6) is 0.891. The highest BCUT2D eigenvalue weighted by molar-refractivity contribution is 7.90. The smallest absolute Gasteiger partial charge is 0.193 e. The Balaban J connectivity index is 1.63. The molecular formula is C15H27N5O4S. The Morgan fingerprint density at radius 1 is 1.36 bits per heavy atom. The first-order valence-corrected chi connectivity index (χ1v) is 10.4. The Labute approximate surface area is 148 Å². The Kier molecular flexibility index (Phi) is 7.66. The van der Waals surface area contributed by atoms with Crippen LogP contribution in [0.25, 0.3) is 0 Å². The van der Waals surface area contributed by atoms with Crippen molar-refractivity contribution in [2.45, 2.75) is 6.54 Å². The van der Waals surface area contributed by atoms with Crippen molar-refractivity contribution in [1.29, 1.82) is 0 Å². The highest BCUT2D eigenvalue weighted by Gasteiger charge is 2.20. The van der Waals surface area contributed by atoms with E-state index >= 15 is 0 Å². The van der Waals surface area contributed by atoms with E-state index < -0.39 is 9.84 Å². The van der Waals surface area contributed by atoms with Crippen molar-refractivity contribution in [3.8, 4) is 0 Å². The van der Waals surface area contributed by atoms with Crippen molar-refractivity contribution >= 4 is 15.8 Å². The minimum absolute atomic E-state index is 0.0508. The number of piperazine rings is 1. The van der Waals surface area contributed by atoms with Gasteiger partial charge in [-0.25, -0.2) is 8.42 Å². The predicted molar refractivity (Wildman–Crippen MR) is 95.2 cm³/mol. The van der Waals surface area contributed by atoms with Crippen LogP contribution in [-0.2, 0) is 21.1 Å². The SMILES string of the molecule is CN=C(NCCOCCS(C)(=O)=O)N1CCN(Cc2ccon2)CC1. The highest BCUT2D eigenvalue weighted by Crippen LogP contribution is 2.07. The van der Waals surface area contributed by atoms with E-state index in [9.17, 15) is 8.42 Å². The standard InChI is InChI=1S/C15H27N5O4S/c1-16-15(17-4-10-23-11-12-25(2,21)22)20-7-5-19(6-8-20)13-14-3-9-24-18-14/h3,9H,4-8,10-13H2,1-2H3,(H,16,17). The molecule has 1 aliphatic rings. The van der Waals surface area contributed by atoms with Crippen molar-refractivity contribution in [3.05, 3.63) is 18.0 Å². The van der Waals surface area contributed by atoms with Crippen LogP contribution in [0.2, 0.25) is 0 Å². The van der Waals surface area contributed by atoms with E-state index in [1.165, 1.54) is 6.26 Å². The van der Waals surface area contributed by atoms with E-state index in [1.807, 2.05) is 6.07 Å². The van der Waals surface area contributed by atoms with E-state index in [4.69, 9.17) is 9.26 Å². The van der Waals surface area contributed by atoms with Crippen molar-refractivity contribution in [3.63, 3.8) is 0 Å². The van der Waals surface area contributed by atoms with Crippen LogP contribution < -0.4 is 5.32 Å². The molecule has 1 saturated heterocycles. The Morgan fingerprint density at radius 3 is 2.72 bits per heavy atom. The lowest BCUT2D eigenvalue weighted by Crippen LogP contribution is -2.52. The predicted octanol–water partition coefficient (Wildman–Crippen LogP) is -0.571. The summed E-state index contributed by atoms with van der Waals surface area (Å²) >= 11 is 0. The second-order valence-electron chi connectivity index (χ2n) is 5.97. The molecule has 10 heteroatoms. The molecule has 0 atom stereocenters. The molecule has 0 amide bonds. The molecule has 0 aliphatic carbocycles. The summed E-state index contributed by atoms with van der Waals surface area (Å²) in [7, 11) is -1.21. The first-order valence-electron chi connectivity index (χ1n) is 8.30. The molecule has 25 heavy (non-hydrogen) atoms. The van der Waals surface area contributed by atoms with Crippen LogP contribution in [0, 0.1) is 0 Å². The molecule has 0 radical (unpaired) electrons. The second-order valence-corrected chi connectivity index (χ2v) is 8.23. The van der Waals surface area contributed by atoms with Crippen molar-refractivity contribution in [1.82, 2.24) is 20.3 Å². The van der Waals surface area contributed by atoms with Crippen molar-refractivity contribution in [2.24, 2.45) is 4.99 Å². The average molecular weight is 373 g/mol. The minimum Gasteiger partial charge on any atom is -0.379 e. The fourth-order valence-corrected chi connectivity index (χ4v) is 2.97. The molecule has 0 aromatic carbocycles. The summed E-state index contributed by atoms with van der Waals surface area (Å²) < 4.78 is 32.2. The summed E-state index contributed by atoms with van der Waals surface area (Å²) in [6.07, 6.45) is 2.80. The molecule has 9 nitrogen and oxygen atoms in total. The van der Waals surface area contributed by atoms with Gasteiger partial charge in [-0.15, -0.1) is 0 Å². The molecule has 1 fully saturated rings. The fraction of sp³-hybridized carbons (Fsp3) is 0.733. The molecule has 1 N–H and O–H groups in total. The second kappa shape index (κ2) is 9.73. The average Bonchev–Trinajstić information content (AvgIpc) is 3.07. The van der Waals surface area contributed by atoms with E-state index in [2.05, 4.69) is 25.3 Å². The largest absolute Gasteiger partial charge is 0.379 e. The number of aliphatic imine (C=N–C) groups is 1. The van der Waals surface area contributed by atoms with Crippen molar-refractivity contribution in [2.75, 3.05) is 65.0 Å². The molecule has 1 aliphatic heterocycles. The zero-order chi connectivity index (χ0) is 18.1. The first-order chi connectivity index (χ1) is 12.0. The first kappa shape index (κ1) is 19.7. The summed E-state index contributed by atoms with van der Waals surface area (Å²) in [5, 5.41) is 7.20. The number of rotatable bonds is 8. The Bertz CT molecular complexity index is 624. The van der Waals surface area contributed by atoms with E-state index in [1.54, 1.807) is 13.3 Å². The van der Waals surface area contributed by atoms with Gasteiger partial charge in [0.05, 0.1) is 24.7 Å². The summed E-state index contributed by atoms with van der Waals surface area (Å²) in [6, 6.07) is 1.89. The number of sulfone groups is 1. The van der Waals surface area contributed by atoms with Gasteiger partial charge in [0, 0.05) is 58.6 Å². The summed E-state index contributed by atoms with van der Waals surface area (Å²) in [5.41, 5.74) is 0.946. The number of hydrogen-bond donors (Lipinski definition) is 1. The van der Waals surface area contributed by atoms with Crippen LogP contribution in [0.3, 0.4) is 0 Å². The zero-order valence-corrected chi connectivity index (χ0v) is 15.7. The van der Waals surface area contributed by atoms with Crippen LogP contribution in [0.5, 0.6) is 0 Å². The molecule has 0 spiro atoms. The number of nitrogens with one attached hydrogen (secondary N) is 1. The van der Waals surface area contributed by atoms with E-state index in [0.717, 1.165) is 44.4 Å². The number of aromatic nitrogens is 1. The van der Waals surface area contributed by atoms with Crippen LogP contribution in [-0.4, -0.2) is 94.3 Å². The Hall–Kier alpha value is -1.65. The highest BCUT2D eigenvalue weighted by atomic mass is 32.2. The van der Waals surface area contributed by atoms with Gasteiger partial charge in [0.1, 0.15) is 16.1 Å². The molecule has 2 heterocycles. The van der Waals surface area contributed by atoms with Gasteiger partial charge in [-0.3, -0.25) is 9.89 Å². The molecule has 1 aromatic rings. The van der Waals surface area contributed by atoms with Crippen molar-refractivity contribution < 1.29 is 17.7 Å². The monoisotopic (exact) mass is 373 g/mol. The molecule has 2 rings (SSSR count). The van der Waals surface area contributed by atoms with Gasteiger partial charge in [-0.2, -0.15) is 0 Å². The summed E-state index contributed by atoms with van der Waals surface area (Å²) in [4.78, 5) is 8.84. The number of nitrogens with zero attached hydrogens (tertiary/aromatic N) is 4. The van der Waals surface area contributed by atoms with Gasteiger partial charge in [0.15, 0.2) is 5.96 Å². The molecule has 0 unspecified atom stereocenters. The minimum atomic E-state index is -2.97. The van der Waals surface area contributed by atoms with Crippen LogP contribution in [0.1, 0.15) is 5.69 Å². The third-order valence-electron chi connectivity index (χ3n) is 3.89. The molecule has 142 valence electrons. The third kappa shape index (κ3) is 7.41. The van der Waals surface area contributed by atoms with Crippen LogP contribution >= 0.6 is 0 Å². The molecular weight excluding hydrogens is 346 g/mol. The maximum atomic E-state index is 11.0. The van der Waals surface area contributed by atoms with Gasteiger partial charge in [-0.05, 0) is 0 Å². The van der Waals surface area contributed by atoms with Gasteiger partial charge in [0.25, 0.3) is 0 Å². The van der Waals surface area contributed by atoms with Gasteiger partial charge < -0.3 is 19.5 Å². The van der Waals surface area contributed by atoms with Crippen LogP contribution in [0.4, 0.5) is 0 Å². The lowest BCUT2D eigenvalue weighted by Gasteiger charge is -2.36. The van der Waals surface area contributed by atoms with E-state index in [-0.39, 0.29) is 12.4 Å². The Morgan fingerprint density at radius 2 is 2.12 bits per heavy atom. The van der Waals surface area contributed by atoms with Crippen LogP contribution in [0.15, 0.2) is 21.8 Å². The quantitative estimate of drug-likeness (QED) is 0.367. The lowest BCUT2D eigenvalue weighted by atomic mass is 10.3. The number of ether oxygens (including phenoxy) is 1.